The number of aromatic nitrogens is 1. The summed E-state index contributed by atoms with van der Waals surface area (Å²) in [5.41, 5.74) is 1.70. The van der Waals surface area contributed by atoms with Gasteiger partial charge in [0.25, 0.3) is 0 Å². The molecule has 0 saturated heterocycles. The van der Waals surface area contributed by atoms with Crippen LogP contribution < -0.4 is 10.1 Å². The molecule has 0 radical (unpaired) electrons. The van der Waals surface area contributed by atoms with Crippen molar-refractivity contribution in [1.82, 2.24) is 10.3 Å². The van der Waals surface area contributed by atoms with E-state index in [1.54, 1.807) is 11.8 Å². The van der Waals surface area contributed by atoms with E-state index in [4.69, 9.17) is 4.74 Å². The standard InChI is InChI=1S/C17H26N2O3S/c1-4-17(2,23-3)19-9-13(21)11-22-16-8-12(10-20)7-15-14(16)5-6-18-15/h5-8,13,18-21H,4,9-11H2,1-3H3. The molecule has 4 N–H and O–H groups in total. The van der Waals surface area contributed by atoms with Crippen molar-refractivity contribution >= 4 is 22.7 Å². The number of thioether (sulfide) groups is 1. The highest BCUT2D eigenvalue weighted by molar-refractivity contribution is 7.99. The lowest BCUT2D eigenvalue weighted by Crippen LogP contribution is -2.44. The summed E-state index contributed by atoms with van der Waals surface area (Å²) in [7, 11) is 0. The van der Waals surface area contributed by atoms with Crippen molar-refractivity contribution in [3.63, 3.8) is 0 Å². The second kappa shape index (κ2) is 8.06. The summed E-state index contributed by atoms with van der Waals surface area (Å²) in [4.78, 5) is 3.08. The van der Waals surface area contributed by atoms with E-state index in [9.17, 15) is 10.2 Å². The average Bonchev–Trinajstić information content (AvgIpc) is 3.05. The molecule has 0 aliphatic carbocycles. The van der Waals surface area contributed by atoms with Crippen LogP contribution in [0.5, 0.6) is 5.75 Å². The van der Waals surface area contributed by atoms with Gasteiger partial charge in [0, 0.05) is 23.6 Å². The van der Waals surface area contributed by atoms with Crippen LogP contribution in [-0.2, 0) is 6.61 Å². The summed E-state index contributed by atoms with van der Waals surface area (Å²) in [6.45, 7) is 4.88. The van der Waals surface area contributed by atoms with E-state index in [2.05, 4.69) is 30.4 Å². The highest BCUT2D eigenvalue weighted by Crippen LogP contribution is 2.27. The number of nitrogens with one attached hydrogen (secondary N) is 2. The molecule has 0 aliphatic rings. The Labute approximate surface area is 141 Å². The van der Waals surface area contributed by atoms with Crippen molar-refractivity contribution in [2.75, 3.05) is 19.4 Å². The Morgan fingerprint density at radius 3 is 2.87 bits per heavy atom. The van der Waals surface area contributed by atoms with Gasteiger partial charge in [-0.1, -0.05) is 6.92 Å². The number of rotatable bonds is 9. The zero-order chi connectivity index (χ0) is 16.9. The molecule has 0 aliphatic heterocycles. The van der Waals surface area contributed by atoms with Gasteiger partial charge in [0.2, 0.25) is 0 Å². The molecule has 2 rings (SSSR count). The fourth-order valence-corrected chi connectivity index (χ4v) is 2.84. The maximum Gasteiger partial charge on any atom is 0.129 e. The molecule has 2 aromatic rings. The van der Waals surface area contributed by atoms with Gasteiger partial charge >= 0.3 is 0 Å². The van der Waals surface area contributed by atoms with E-state index in [0.717, 1.165) is 22.9 Å². The Balaban J connectivity index is 1.96. The van der Waals surface area contributed by atoms with Crippen LogP contribution in [-0.4, -0.2) is 45.6 Å². The van der Waals surface area contributed by atoms with Gasteiger partial charge < -0.3 is 25.3 Å². The maximum absolute atomic E-state index is 10.2. The molecular formula is C17H26N2O3S. The molecule has 2 unspecified atom stereocenters. The van der Waals surface area contributed by atoms with Gasteiger partial charge in [-0.15, -0.1) is 11.8 Å². The Bertz CT molecular complexity index is 625. The van der Waals surface area contributed by atoms with Crippen LogP contribution in [0.4, 0.5) is 0 Å². The zero-order valence-electron chi connectivity index (χ0n) is 13.9. The summed E-state index contributed by atoms with van der Waals surface area (Å²) in [6, 6.07) is 5.64. The van der Waals surface area contributed by atoms with Crippen LogP contribution in [0.2, 0.25) is 0 Å². The second-order valence-corrected chi connectivity index (χ2v) is 7.13. The number of H-pyrrole nitrogens is 1. The molecule has 0 bridgehead atoms. The number of benzene rings is 1. The lowest BCUT2D eigenvalue weighted by atomic mass is 10.1. The SMILES string of the molecule is CCC(C)(NCC(O)COc1cc(CO)cc2[nH]ccc12)SC. The van der Waals surface area contributed by atoms with E-state index in [0.29, 0.717) is 12.3 Å². The number of aromatic amines is 1. The molecule has 5 nitrogen and oxygen atoms in total. The Hall–Kier alpha value is -1.21. The topological polar surface area (TPSA) is 77.5 Å². The van der Waals surface area contributed by atoms with Crippen molar-refractivity contribution < 1.29 is 14.9 Å². The monoisotopic (exact) mass is 338 g/mol. The predicted molar refractivity (Wildman–Crippen MR) is 95.9 cm³/mol. The fourth-order valence-electron chi connectivity index (χ4n) is 2.32. The van der Waals surface area contributed by atoms with Crippen LogP contribution in [0.3, 0.4) is 0 Å². The fraction of sp³-hybridized carbons (Fsp3) is 0.529. The molecule has 23 heavy (non-hydrogen) atoms. The third kappa shape index (κ3) is 4.64. The summed E-state index contributed by atoms with van der Waals surface area (Å²) in [6.07, 6.45) is 4.27. The Morgan fingerprint density at radius 2 is 2.22 bits per heavy atom. The first kappa shape index (κ1) is 18.1. The molecule has 0 spiro atoms. The number of hydrogen-bond donors (Lipinski definition) is 4. The average molecular weight is 338 g/mol. The van der Waals surface area contributed by atoms with Gasteiger partial charge in [-0.3, -0.25) is 0 Å². The van der Waals surface area contributed by atoms with Crippen molar-refractivity contribution in [2.24, 2.45) is 0 Å². The van der Waals surface area contributed by atoms with Crippen molar-refractivity contribution in [3.05, 3.63) is 30.0 Å². The minimum atomic E-state index is -0.597. The second-order valence-electron chi connectivity index (χ2n) is 5.83. The molecule has 1 heterocycles. The Morgan fingerprint density at radius 1 is 1.43 bits per heavy atom. The van der Waals surface area contributed by atoms with Crippen LogP contribution in [0, 0.1) is 0 Å². The van der Waals surface area contributed by atoms with E-state index >= 15 is 0 Å². The van der Waals surface area contributed by atoms with Crippen molar-refractivity contribution in [3.8, 4) is 5.75 Å². The van der Waals surface area contributed by atoms with E-state index in [-0.39, 0.29) is 18.1 Å². The lowest BCUT2D eigenvalue weighted by Gasteiger charge is -2.28. The molecule has 128 valence electrons. The summed E-state index contributed by atoms with van der Waals surface area (Å²) in [5, 5.41) is 23.8. The zero-order valence-corrected chi connectivity index (χ0v) is 14.7. The van der Waals surface area contributed by atoms with E-state index in [1.807, 2.05) is 24.4 Å². The quantitative estimate of drug-likeness (QED) is 0.529. The largest absolute Gasteiger partial charge is 0.490 e. The molecule has 1 aromatic carbocycles. The smallest absolute Gasteiger partial charge is 0.129 e. The molecule has 0 fully saturated rings. The van der Waals surface area contributed by atoms with Crippen LogP contribution in [0.1, 0.15) is 25.8 Å². The van der Waals surface area contributed by atoms with Crippen LogP contribution in [0.15, 0.2) is 24.4 Å². The van der Waals surface area contributed by atoms with Crippen LogP contribution in [0.25, 0.3) is 10.9 Å². The summed E-state index contributed by atoms with van der Waals surface area (Å²) < 4.78 is 5.79. The van der Waals surface area contributed by atoms with Crippen LogP contribution >= 0.6 is 11.8 Å². The van der Waals surface area contributed by atoms with E-state index < -0.39 is 6.10 Å². The van der Waals surface area contributed by atoms with Gasteiger partial charge in [-0.2, -0.15) is 0 Å². The van der Waals surface area contributed by atoms with Gasteiger partial charge in [-0.05, 0) is 43.4 Å². The highest BCUT2D eigenvalue weighted by Gasteiger charge is 2.21. The van der Waals surface area contributed by atoms with Crippen molar-refractivity contribution in [1.29, 1.82) is 0 Å². The van der Waals surface area contributed by atoms with Gasteiger partial charge in [-0.25, -0.2) is 0 Å². The molecule has 0 amide bonds. The number of hydrogen-bond acceptors (Lipinski definition) is 5. The minimum absolute atomic E-state index is 0.0360. The third-order valence-corrected chi connectivity index (χ3v) is 5.48. The first-order valence-corrected chi connectivity index (χ1v) is 9.05. The van der Waals surface area contributed by atoms with Crippen molar-refractivity contribution in [2.45, 2.75) is 37.9 Å². The molecular weight excluding hydrogens is 312 g/mol. The first-order valence-electron chi connectivity index (χ1n) is 7.83. The lowest BCUT2D eigenvalue weighted by molar-refractivity contribution is 0.103. The molecule has 6 heteroatoms. The van der Waals surface area contributed by atoms with E-state index in [1.165, 1.54) is 0 Å². The van der Waals surface area contributed by atoms with Gasteiger partial charge in [0.05, 0.1) is 11.5 Å². The number of aliphatic hydroxyl groups is 2. The summed E-state index contributed by atoms with van der Waals surface area (Å²) >= 11 is 1.74. The number of fused-ring (bicyclic) bond motifs is 1. The van der Waals surface area contributed by atoms with Gasteiger partial charge in [0.1, 0.15) is 18.5 Å². The molecule has 1 aromatic heterocycles. The first-order chi connectivity index (χ1) is 11.0. The highest BCUT2D eigenvalue weighted by atomic mass is 32.2. The number of ether oxygens (including phenoxy) is 1. The third-order valence-electron chi connectivity index (χ3n) is 4.14. The number of aliphatic hydroxyl groups excluding tert-OH is 2. The summed E-state index contributed by atoms with van der Waals surface area (Å²) in [5.74, 6) is 0.676. The minimum Gasteiger partial charge on any atom is -0.490 e. The Kier molecular flexibility index (Phi) is 6.35. The molecule has 0 saturated carbocycles. The normalized spacial score (nSPS) is 15.5. The van der Waals surface area contributed by atoms with Gasteiger partial charge in [0.15, 0.2) is 0 Å². The predicted octanol–water partition coefficient (Wildman–Crippen LogP) is 2.48. The molecule has 2 atom stereocenters. The maximum atomic E-state index is 10.2.